The maximum absolute atomic E-state index is 13.0. The van der Waals surface area contributed by atoms with Gasteiger partial charge in [0.2, 0.25) is 0 Å². The number of likely N-dealkylation sites (tertiary alicyclic amines) is 1. The van der Waals surface area contributed by atoms with Gasteiger partial charge in [0.25, 0.3) is 0 Å². The molecule has 0 amide bonds. The molecule has 4 rings (SSSR count). The maximum Gasteiger partial charge on any atom is 0.303 e. The highest BCUT2D eigenvalue weighted by molar-refractivity contribution is 5.88. The second-order valence-corrected chi connectivity index (χ2v) is 8.08. The van der Waals surface area contributed by atoms with Gasteiger partial charge in [0.1, 0.15) is 0 Å². The lowest BCUT2D eigenvalue weighted by Gasteiger charge is -2.58. The van der Waals surface area contributed by atoms with Crippen molar-refractivity contribution in [2.24, 2.45) is 5.92 Å². The highest BCUT2D eigenvalue weighted by atomic mass is 16.5. The van der Waals surface area contributed by atoms with Gasteiger partial charge in [-0.25, -0.2) is 0 Å². The molecule has 2 aliphatic carbocycles. The van der Waals surface area contributed by atoms with Crippen molar-refractivity contribution in [3.8, 4) is 11.5 Å². The minimum atomic E-state index is -0.632. The zero-order valence-corrected chi connectivity index (χ0v) is 16.4. The van der Waals surface area contributed by atoms with E-state index in [1.807, 2.05) is 6.07 Å². The third-order valence-corrected chi connectivity index (χ3v) is 6.83. The quantitative estimate of drug-likeness (QED) is 0.756. The summed E-state index contributed by atoms with van der Waals surface area (Å²) in [7, 11) is 5.46. The summed E-state index contributed by atoms with van der Waals surface area (Å²) in [4.78, 5) is 26.8. The Hall–Kier alpha value is -2.08. The number of Topliss-reactive ketones (excluding diaryl/α,β-unsaturated/α-hetero) is 1. The van der Waals surface area contributed by atoms with Crippen LogP contribution in [0.4, 0.5) is 0 Å². The molecule has 6 heteroatoms. The number of esters is 1. The SMILES string of the molecule is COc1ccc2c(c1OC)[C@]13CCN(C)[C@H](C2)[C@@H]1C[C@H](OC(C)=O)C(=O)C3. The highest BCUT2D eigenvalue weighted by Crippen LogP contribution is 2.58. The molecule has 1 aromatic rings. The summed E-state index contributed by atoms with van der Waals surface area (Å²) in [5.41, 5.74) is 2.09. The van der Waals surface area contributed by atoms with Crippen molar-refractivity contribution in [2.75, 3.05) is 27.8 Å². The van der Waals surface area contributed by atoms with Crippen molar-refractivity contribution in [1.82, 2.24) is 4.90 Å². The largest absolute Gasteiger partial charge is 0.493 e. The predicted molar refractivity (Wildman–Crippen MR) is 99.2 cm³/mol. The number of nitrogens with zero attached hydrogens (tertiary/aromatic N) is 1. The van der Waals surface area contributed by atoms with Crippen LogP contribution >= 0.6 is 0 Å². The van der Waals surface area contributed by atoms with Gasteiger partial charge in [-0.2, -0.15) is 0 Å². The lowest BCUT2D eigenvalue weighted by Crippen LogP contribution is -2.63. The summed E-state index contributed by atoms with van der Waals surface area (Å²) in [5.74, 6) is 1.32. The van der Waals surface area contributed by atoms with E-state index in [0.29, 0.717) is 24.6 Å². The minimum Gasteiger partial charge on any atom is -0.493 e. The molecule has 0 radical (unpaired) electrons. The third kappa shape index (κ3) is 2.64. The molecular weight excluding hydrogens is 346 g/mol. The van der Waals surface area contributed by atoms with E-state index in [1.165, 1.54) is 12.5 Å². The normalized spacial score (nSPS) is 32.3. The number of likely N-dealkylation sites (N-methyl/N-ethyl adjacent to an activating group) is 1. The molecule has 2 fully saturated rings. The second-order valence-electron chi connectivity index (χ2n) is 8.08. The van der Waals surface area contributed by atoms with E-state index >= 15 is 0 Å². The van der Waals surface area contributed by atoms with Crippen LogP contribution in [0.1, 0.15) is 37.3 Å². The zero-order valence-electron chi connectivity index (χ0n) is 16.4. The van der Waals surface area contributed by atoms with Crippen LogP contribution in [-0.4, -0.2) is 56.6 Å². The van der Waals surface area contributed by atoms with Gasteiger partial charge in [-0.05, 0) is 50.4 Å². The topological polar surface area (TPSA) is 65.1 Å². The first-order chi connectivity index (χ1) is 12.9. The molecule has 0 N–H and O–H groups in total. The Morgan fingerprint density at radius 1 is 1.26 bits per heavy atom. The van der Waals surface area contributed by atoms with Gasteiger partial charge in [0.05, 0.1) is 14.2 Å². The molecule has 1 saturated carbocycles. The molecule has 1 saturated heterocycles. The van der Waals surface area contributed by atoms with Crippen molar-refractivity contribution >= 4 is 11.8 Å². The first-order valence-electron chi connectivity index (χ1n) is 9.55. The molecule has 6 nitrogen and oxygen atoms in total. The molecular formula is C21H27NO5. The van der Waals surface area contributed by atoms with Crippen LogP contribution in [0.2, 0.25) is 0 Å². The first kappa shape index (κ1) is 18.3. The fourth-order valence-electron chi connectivity index (χ4n) is 5.71. The van der Waals surface area contributed by atoms with Gasteiger partial charge in [0.15, 0.2) is 23.4 Å². The average Bonchev–Trinajstić information content (AvgIpc) is 2.64. The summed E-state index contributed by atoms with van der Waals surface area (Å²) in [5, 5.41) is 0. The maximum atomic E-state index is 13.0. The highest BCUT2D eigenvalue weighted by Gasteiger charge is 2.59. The second kappa shape index (κ2) is 6.51. The smallest absolute Gasteiger partial charge is 0.303 e. The van der Waals surface area contributed by atoms with Gasteiger partial charge in [-0.15, -0.1) is 0 Å². The molecule has 0 aromatic heterocycles. The summed E-state index contributed by atoms with van der Waals surface area (Å²) in [6.07, 6.45) is 2.12. The van der Waals surface area contributed by atoms with Gasteiger partial charge in [-0.1, -0.05) is 6.07 Å². The molecule has 2 bridgehead atoms. The Morgan fingerprint density at radius 3 is 2.70 bits per heavy atom. The van der Waals surface area contributed by atoms with E-state index in [-0.39, 0.29) is 17.1 Å². The average molecular weight is 373 g/mol. The van der Waals surface area contributed by atoms with Crippen LogP contribution in [0, 0.1) is 5.92 Å². The van der Waals surface area contributed by atoms with Crippen molar-refractivity contribution in [3.63, 3.8) is 0 Å². The standard InChI is InChI=1S/C21H27NO5/c1-12(23)27-18-10-14-15-9-13-5-6-17(25-3)20(26-4)19(13)21(14,11-16(18)24)7-8-22(15)2/h5-6,14-15,18H,7-11H2,1-4H3/t14-,15+,18-,21-/m0/s1. The molecule has 1 aliphatic heterocycles. The number of ether oxygens (including phenoxy) is 3. The van der Waals surface area contributed by atoms with E-state index in [2.05, 4.69) is 18.0 Å². The zero-order chi connectivity index (χ0) is 19.3. The van der Waals surface area contributed by atoms with Crippen molar-refractivity contribution in [2.45, 2.75) is 50.2 Å². The Balaban J connectivity index is 1.87. The van der Waals surface area contributed by atoms with Crippen molar-refractivity contribution in [3.05, 3.63) is 23.3 Å². The van der Waals surface area contributed by atoms with Crippen LogP contribution in [0.15, 0.2) is 12.1 Å². The number of rotatable bonds is 3. The van der Waals surface area contributed by atoms with Crippen molar-refractivity contribution < 1.29 is 23.8 Å². The Kier molecular flexibility index (Phi) is 4.41. The number of carbonyl (C=O) groups is 2. The number of hydrogen-bond donors (Lipinski definition) is 0. The Labute approximate surface area is 159 Å². The molecule has 146 valence electrons. The number of fused-ring (bicyclic) bond motifs is 1. The minimum absolute atomic E-state index is 0.0162. The number of hydrogen-bond acceptors (Lipinski definition) is 6. The first-order valence-corrected chi connectivity index (χ1v) is 9.55. The molecule has 27 heavy (non-hydrogen) atoms. The predicted octanol–water partition coefficient (Wildman–Crippen LogP) is 2.11. The fraction of sp³-hybridized carbons (Fsp3) is 0.619. The lowest BCUT2D eigenvalue weighted by atomic mass is 9.51. The molecule has 1 heterocycles. The number of ketones is 1. The summed E-state index contributed by atoms with van der Waals surface area (Å²) >= 11 is 0. The third-order valence-electron chi connectivity index (χ3n) is 6.83. The van der Waals surface area contributed by atoms with Crippen LogP contribution < -0.4 is 9.47 Å². The monoisotopic (exact) mass is 373 g/mol. The van der Waals surface area contributed by atoms with Gasteiger partial charge < -0.3 is 19.1 Å². The molecule has 4 atom stereocenters. The van der Waals surface area contributed by atoms with Crippen molar-refractivity contribution in [1.29, 1.82) is 0 Å². The number of carbonyl (C=O) groups excluding carboxylic acids is 2. The number of piperidine rings is 1. The van der Waals surface area contributed by atoms with Crippen LogP contribution in [0.3, 0.4) is 0 Å². The van der Waals surface area contributed by atoms with Crippen LogP contribution in [0.25, 0.3) is 0 Å². The summed E-state index contributed by atoms with van der Waals surface area (Å²) in [6.45, 7) is 2.31. The van der Waals surface area contributed by atoms with Gasteiger partial charge in [0, 0.05) is 30.4 Å². The Bertz CT molecular complexity index is 791. The van der Waals surface area contributed by atoms with Gasteiger partial charge >= 0.3 is 5.97 Å². The Morgan fingerprint density at radius 2 is 2.04 bits per heavy atom. The van der Waals surface area contributed by atoms with E-state index in [9.17, 15) is 9.59 Å². The summed E-state index contributed by atoms with van der Waals surface area (Å²) < 4.78 is 16.7. The van der Waals surface area contributed by atoms with Crippen LogP contribution in [-0.2, 0) is 26.2 Å². The molecule has 3 aliphatic rings. The van der Waals surface area contributed by atoms with Gasteiger partial charge in [-0.3, -0.25) is 9.59 Å². The van der Waals surface area contributed by atoms with E-state index in [4.69, 9.17) is 14.2 Å². The molecule has 0 unspecified atom stereocenters. The van der Waals surface area contributed by atoms with Crippen LogP contribution in [0.5, 0.6) is 11.5 Å². The lowest BCUT2D eigenvalue weighted by molar-refractivity contribution is -0.161. The number of benzene rings is 1. The summed E-state index contributed by atoms with van der Waals surface area (Å²) in [6, 6.07) is 4.40. The molecule has 1 aromatic carbocycles. The number of methoxy groups -OCH3 is 2. The van der Waals surface area contributed by atoms with E-state index < -0.39 is 12.1 Å². The fourth-order valence-corrected chi connectivity index (χ4v) is 5.71. The van der Waals surface area contributed by atoms with E-state index in [1.54, 1.807) is 14.2 Å². The molecule has 0 spiro atoms. The van der Waals surface area contributed by atoms with E-state index in [0.717, 1.165) is 30.7 Å².